The van der Waals surface area contributed by atoms with Crippen LogP contribution >= 0.6 is 0 Å². The molecule has 3 amide bonds. The molecule has 1 saturated heterocycles. The normalized spacial score (nSPS) is 16.9. The molecule has 9 nitrogen and oxygen atoms in total. The van der Waals surface area contributed by atoms with Crippen LogP contribution in [0.15, 0.2) is 30.6 Å². The molecule has 1 fully saturated rings. The van der Waals surface area contributed by atoms with Gasteiger partial charge in [0.1, 0.15) is 18.2 Å². The van der Waals surface area contributed by atoms with Gasteiger partial charge in [0.25, 0.3) is 0 Å². The number of ether oxygens (including phenoxy) is 1. The van der Waals surface area contributed by atoms with Crippen LogP contribution in [0, 0.1) is 5.82 Å². The highest BCUT2D eigenvalue weighted by Crippen LogP contribution is 2.24. The zero-order chi connectivity index (χ0) is 19.2. The molecule has 1 aromatic carbocycles. The smallest absolute Gasteiger partial charge is 0.318 e. The lowest BCUT2D eigenvalue weighted by Crippen LogP contribution is -2.54. The van der Waals surface area contributed by atoms with E-state index in [1.165, 1.54) is 23.1 Å². The number of rotatable bonds is 6. The first kappa shape index (κ1) is 18.8. The van der Waals surface area contributed by atoms with Crippen LogP contribution in [0.4, 0.5) is 9.18 Å². The van der Waals surface area contributed by atoms with Gasteiger partial charge in [-0.15, -0.1) is 10.2 Å². The largest absolute Gasteiger partial charge is 0.383 e. The molecule has 0 aliphatic carbocycles. The molecule has 0 saturated carbocycles. The molecule has 1 atom stereocenters. The van der Waals surface area contributed by atoms with E-state index >= 15 is 0 Å². The van der Waals surface area contributed by atoms with E-state index in [1.807, 2.05) is 0 Å². The number of nitrogens with one attached hydrogen (secondary N) is 2. The number of urea groups is 1. The second-order valence-corrected chi connectivity index (χ2v) is 6.03. The molecule has 10 heteroatoms. The number of benzene rings is 1. The minimum absolute atomic E-state index is 0.149. The summed E-state index contributed by atoms with van der Waals surface area (Å²) < 4.78 is 20.4. The SMILES string of the molecule is COCCn1cnnc1CNC(=O)N1CCNC(=O)C1c1cccc(F)c1. The van der Waals surface area contributed by atoms with Gasteiger partial charge in [-0.05, 0) is 17.7 Å². The average Bonchev–Trinajstić information content (AvgIpc) is 3.11. The molecule has 1 aliphatic heterocycles. The number of amides is 3. The third-order valence-corrected chi connectivity index (χ3v) is 4.27. The van der Waals surface area contributed by atoms with Gasteiger partial charge in [0.05, 0.1) is 13.2 Å². The first-order chi connectivity index (χ1) is 13.1. The van der Waals surface area contributed by atoms with Gasteiger partial charge >= 0.3 is 6.03 Å². The van der Waals surface area contributed by atoms with Crippen molar-refractivity contribution in [3.05, 3.63) is 47.8 Å². The number of halogens is 1. The Kier molecular flexibility index (Phi) is 5.97. The van der Waals surface area contributed by atoms with E-state index in [0.717, 1.165) is 0 Å². The number of hydrogen-bond donors (Lipinski definition) is 2. The lowest BCUT2D eigenvalue weighted by Gasteiger charge is -2.35. The number of aromatic nitrogens is 3. The van der Waals surface area contributed by atoms with E-state index in [0.29, 0.717) is 37.6 Å². The Labute approximate surface area is 155 Å². The summed E-state index contributed by atoms with van der Waals surface area (Å²) in [6, 6.07) is 4.38. The second-order valence-electron chi connectivity index (χ2n) is 6.03. The van der Waals surface area contributed by atoms with Gasteiger partial charge in [-0.2, -0.15) is 0 Å². The summed E-state index contributed by atoms with van der Waals surface area (Å²) in [5, 5.41) is 13.3. The van der Waals surface area contributed by atoms with Gasteiger partial charge in [-0.1, -0.05) is 12.1 Å². The maximum atomic E-state index is 13.6. The van der Waals surface area contributed by atoms with Crippen molar-refractivity contribution in [2.75, 3.05) is 26.8 Å². The highest BCUT2D eigenvalue weighted by molar-refractivity contribution is 5.89. The summed E-state index contributed by atoms with van der Waals surface area (Å²) in [6.07, 6.45) is 1.56. The van der Waals surface area contributed by atoms with Crippen LogP contribution < -0.4 is 10.6 Å². The second kappa shape index (κ2) is 8.58. The van der Waals surface area contributed by atoms with Crippen LogP contribution in [0.25, 0.3) is 0 Å². The van der Waals surface area contributed by atoms with Crippen molar-refractivity contribution in [1.82, 2.24) is 30.3 Å². The van der Waals surface area contributed by atoms with Crippen LogP contribution in [0.2, 0.25) is 0 Å². The van der Waals surface area contributed by atoms with Crippen molar-refractivity contribution in [3.63, 3.8) is 0 Å². The molecule has 2 aromatic rings. The number of nitrogens with zero attached hydrogens (tertiary/aromatic N) is 4. The Morgan fingerprint density at radius 1 is 1.48 bits per heavy atom. The molecule has 0 radical (unpaired) electrons. The number of hydrogen-bond acceptors (Lipinski definition) is 5. The fourth-order valence-electron chi connectivity index (χ4n) is 2.94. The number of methoxy groups -OCH3 is 1. The number of piperazine rings is 1. The number of carbonyl (C=O) groups is 2. The van der Waals surface area contributed by atoms with Crippen molar-refractivity contribution in [3.8, 4) is 0 Å². The Morgan fingerprint density at radius 2 is 2.33 bits per heavy atom. The van der Waals surface area contributed by atoms with E-state index in [1.54, 1.807) is 24.1 Å². The standard InChI is InChI=1S/C17H21FN6O3/c1-27-8-7-23-11-21-22-14(23)10-20-17(26)24-6-5-19-16(25)15(24)12-3-2-4-13(18)9-12/h2-4,9,11,15H,5-8,10H2,1H3,(H,19,25)(H,20,26). The molecule has 1 aliphatic rings. The first-order valence-electron chi connectivity index (χ1n) is 8.53. The molecule has 1 aromatic heterocycles. The van der Waals surface area contributed by atoms with E-state index in [-0.39, 0.29) is 12.5 Å². The van der Waals surface area contributed by atoms with Gasteiger partial charge in [-0.25, -0.2) is 9.18 Å². The Balaban J connectivity index is 1.70. The van der Waals surface area contributed by atoms with Gasteiger partial charge in [-0.3, -0.25) is 4.79 Å². The molecular formula is C17H21FN6O3. The summed E-state index contributed by atoms with van der Waals surface area (Å²) in [4.78, 5) is 26.4. The Morgan fingerprint density at radius 3 is 3.11 bits per heavy atom. The summed E-state index contributed by atoms with van der Waals surface area (Å²) >= 11 is 0. The Bertz CT molecular complexity index is 811. The predicted molar refractivity (Wildman–Crippen MR) is 93.0 cm³/mol. The van der Waals surface area contributed by atoms with Gasteiger partial charge in [0, 0.05) is 26.7 Å². The molecule has 144 valence electrons. The van der Waals surface area contributed by atoms with Gasteiger partial charge in [0.15, 0.2) is 5.82 Å². The molecule has 0 spiro atoms. The van der Waals surface area contributed by atoms with Crippen molar-refractivity contribution < 1.29 is 18.7 Å². The topological polar surface area (TPSA) is 101 Å². The van der Waals surface area contributed by atoms with Crippen LogP contribution in [0.1, 0.15) is 17.4 Å². The molecule has 0 bridgehead atoms. The van der Waals surface area contributed by atoms with Crippen molar-refractivity contribution >= 4 is 11.9 Å². The highest BCUT2D eigenvalue weighted by atomic mass is 19.1. The Hall–Kier alpha value is -3.01. The molecule has 2 heterocycles. The summed E-state index contributed by atoms with van der Waals surface area (Å²) in [7, 11) is 1.60. The third-order valence-electron chi connectivity index (χ3n) is 4.27. The maximum absolute atomic E-state index is 13.6. The summed E-state index contributed by atoms with van der Waals surface area (Å²) in [5.41, 5.74) is 0.422. The fourth-order valence-corrected chi connectivity index (χ4v) is 2.94. The van der Waals surface area contributed by atoms with E-state index in [2.05, 4.69) is 20.8 Å². The van der Waals surface area contributed by atoms with Crippen LogP contribution in [-0.4, -0.2) is 58.4 Å². The molecule has 27 heavy (non-hydrogen) atoms. The quantitative estimate of drug-likeness (QED) is 0.762. The van der Waals surface area contributed by atoms with Crippen molar-refractivity contribution in [2.24, 2.45) is 0 Å². The fraction of sp³-hybridized carbons (Fsp3) is 0.412. The van der Waals surface area contributed by atoms with Gasteiger partial charge < -0.3 is 24.8 Å². The third kappa shape index (κ3) is 4.40. The molecule has 2 N–H and O–H groups in total. The molecule has 1 unspecified atom stereocenters. The van der Waals surface area contributed by atoms with E-state index in [4.69, 9.17) is 4.74 Å². The van der Waals surface area contributed by atoms with E-state index < -0.39 is 17.9 Å². The lowest BCUT2D eigenvalue weighted by molar-refractivity contribution is -0.127. The van der Waals surface area contributed by atoms with E-state index in [9.17, 15) is 14.0 Å². The molecular weight excluding hydrogens is 355 g/mol. The monoisotopic (exact) mass is 376 g/mol. The minimum atomic E-state index is -0.888. The lowest BCUT2D eigenvalue weighted by atomic mass is 10.0. The van der Waals surface area contributed by atoms with Crippen LogP contribution in [0.5, 0.6) is 0 Å². The zero-order valence-corrected chi connectivity index (χ0v) is 14.9. The average molecular weight is 376 g/mol. The predicted octanol–water partition coefficient (Wildman–Crippen LogP) is 0.446. The number of carbonyl (C=O) groups excluding carboxylic acids is 2. The van der Waals surface area contributed by atoms with Gasteiger partial charge in [0.2, 0.25) is 5.91 Å². The maximum Gasteiger partial charge on any atom is 0.318 e. The van der Waals surface area contributed by atoms with Crippen molar-refractivity contribution in [2.45, 2.75) is 19.1 Å². The first-order valence-corrected chi connectivity index (χ1v) is 8.53. The highest BCUT2D eigenvalue weighted by Gasteiger charge is 2.34. The minimum Gasteiger partial charge on any atom is -0.383 e. The summed E-state index contributed by atoms with van der Waals surface area (Å²) in [5.74, 6) is -0.230. The molecule has 3 rings (SSSR count). The van der Waals surface area contributed by atoms with Crippen molar-refractivity contribution in [1.29, 1.82) is 0 Å². The summed E-state index contributed by atoms with van der Waals surface area (Å²) in [6.45, 7) is 1.85. The van der Waals surface area contributed by atoms with Crippen LogP contribution in [0.3, 0.4) is 0 Å². The zero-order valence-electron chi connectivity index (χ0n) is 14.9. The van der Waals surface area contributed by atoms with Crippen LogP contribution in [-0.2, 0) is 22.6 Å².